The SMILES string of the molecule is COc1ccc2oc(C(=O)N[C@@H](COCc3ccccc3F)C(=O)O)cc2c1. The van der Waals surface area contributed by atoms with Gasteiger partial charge in [-0.05, 0) is 30.3 Å². The lowest BCUT2D eigenvalue weighted by Crippen LogP contribution is -2.43. The fourth-order valence-corrected chi connectivity index (χ4v) is 2.57. The van der Waals surface area contributed by atoms with Gasteiger partial charge in [-0.3, -0.25) is 4.79 Å². The van der Waals surface area contributed by atoms with Crippen LogP contribution < -0.4 is 10.1 Å². The standard InChI is InChI=1S/C20H18FNO6/c1-26-14-6-7-17-13(8-14)9-18(28-17)19(23)22-16(20(24)25)11-27-10-12-4-2-3-5-15(12)21/h2-9,16H,10-11H2,1H3,(H,22,23)(H,24,25)/t16-/m0/s1. The molecule has 28 heavy (non-hydrogen) atoms. The van der Waals surface area contributed by atoms with Gasteiger partial charge in [-0.15, -0.1) is 0 Å². The summed E-state index contributed by atoms with van der Waals surface area (Å²) >= 11 is 0. The number of furan rings is 1. The van der Waals surface area contributed by atoms with Gasteiger partial charge in [0.2, 0.25) is 0 Å². The van der Waals surface area contributed by atoms with Crippen molar-refractivity contribution in [2.75, 3.05) is 13.7 Å². The Labute approximate surface area is 159 Å². The molecule has 3 rings (SSSR count). The quantitative estimate of drug-likeness (QED) is 0.617. The number of methoxy groups -OCH3 is 1. The molecule has 0 aliphatic heterocycles. The number of amides is 1. The molecule has 0 fully saturated rings. The van der Waals surface area contributed by atoms with Crippen molar-refractivity contribution in [2.24, 2.45) is 0 Å². The van der Waals surface area contributed by atoms with Crippen molar-refractivity contribution < 1.29 is 33.0 Å². The molecule has 0 aliphatic carbocycles. The number of hydrogen-bond donors (Lipinski definition) is 2. The van der Waals surface area contributed by atoms with Gasteiger partial charge in [0.1, 0.15) is 17.1 Å². The topological polar surface area (TPSA) is 98.0 Å². The van der Waals surface area contributed by atoms with Crippen molar-refractivity contribution in [3.05, 3.63) is 65.7 Å². The molecule has 1 aromatic heterocycles. The van der Waals surface area contributed by atoms with Gasteiger partial charge < -0.3 is 24.3 Å². The van der Waals surface area contributed by atoms with E-state index in [0.717, 1.165) is 0 Å². The van der Waals surface area contributed by atoms with Crippen LogP contribution in [0.15, 0.2) is 52.9 Å². The maximum Gasteiger partial charge on any atom is 0.328 e. The molecule has 0 bridgehead atoms. The Bertz CT molecular complexity index is 999. The van der Waals surface area contributed by atoms with E-state index in [-0.39, 0.29) is 19.0 Å². The number of aliphatic carboxylic acids is 1. The molecule has 3 aromatic rings. The van der Waals surface area contributed by atoms with Gasteiger partial charge in [0.15, 0.2) is 11.8 Å². The monoisotopic (exact) mass is 387 g/mol. The Morgan fingerprint density at radius 1 is 1.21 bits per heavy atom. The van der Waals surface area contributed by atoms with Crippen LogP contribution in [0, 0.1) is 5.82 Å². The number of benzene rings is 2. The van der Waals surface area contributed by atoms with Gasteiger partial charge in [-0.2, -0.15) is 0 Å². The van der Waals surface area contributed by atoms with E-state index in [9.17, 15) is 19.1 Å². The van der Waals surface area contributed by atoms with Gasteiger partial charge in [0.25, 0.3) is 5.91 Å². The molecule has 0 aliphatic rings. The van der Waals surface area contributed by atoms with E-state index < -0.39 is 23.7 Å². The molecule has 1 heterocycles. The molecule has 8 heteroatoms. The molecule has 0 saturated heterocycles. The first-order valence-corrected chi connectivity index (χ1v) is 8.40. The highest BCUT2D eigenvalue weighted by Gasteiger charge is 2.23. The Morgan fingerprint density at radius 2 is 2.00 bits per heavy atom. The highest BCUT2D eigenvalue weighted by Crippen LogP contribution is 2.24. The molecule has 1 amide bonds. The maximum atomic E-state index is 13.6. The summed E-state index contributed by atoms with van der Waals surface area (Å²) in [7, 11) is 1.52. The van der Waals surface area contributed by atoms with Crippen molar-refractivity contribution in [2.45, 2.75) is 12.6 Å². The average Bonchev–Trinajstić information content (AvgIpc) is 3.11. The van der Waals surface area contributed by atoms with Crippen LogP contribution in [0.25, 0.3) is 11.0 Å². The summed E-state index contributed by atoms with van der Waals surface area (Å²) in [5, 5.41) is 12.3. The normalized spacial score (nSPS) is 11.9. The van der Waals surface area contributed by atoms with Crippen LogP contribution in [0.1, 0.15) is 16.1 Å². The Balaban J connectivity index is 1.64. The summed E-state index contributed by atoms with van der Waals surface area (Å²) in [6.45, 7) is -0.444. The lowest BCUT2D eigenvalue weighted by molar-refractivity contribution is -0.141. The first kappa shape index (κ1) is 19.4. The zero-order valence-electron chi connectivity index (χ0n) is 15.0. The van der Waals surface area contributed by atoms with E-state index in [1.165, 1.54) is 25.3 Å². The third kappa shape index (κ3) is 4.47. The van der Waals surface area contributed by atoms with Crippen LogP contribution in [-0.2, 0) is 16.1 Å². The number of halogens is 1. The third-order valence-corrected chi connectivity index (χ3v) is 4.05. The van der Waals surface area contributed by atoms with Crippen molar-refractivity contribution >= 4 is 22.8 Å². The van der Waals surface area contributed by atoms with Gasteiger partial charge in [0, 0.05) is 10.9 Å². The second kappa shape index (κ2) is 8.53. The minimum Gasteiger partial charge on any atom is -0.497 e. The fourth-order valence-electron chi connectivity index (χ4n) is 2.57. The van der Waals surface area contributed by atoms with Crippen LogP contribution in [0.5, 0.6) is 5.75 Å². The summed E-state index contributed by atoms with van der Waals surface area (Å²) in [4.78, 5) is 23.8. The zero-order valence-corrected chi connectivity index (χ0v) is 15.0. The summed E-state index contributed by atoms with van der Waals surface area (Å²) in [5.41, 5.74) is 0.762. The average molecular weight is 387 g/mol. The summed E-state index contributed by atoms with van der Waals surface area (Å²) in [6, 6.07) is 11.2. The molecule has 146 valence electrons. The molecule has 0 radical (unpaired) electrons. The van der Waals surface area contributed by atoms with Crippen LogP contribution in [0.3, 0.4) is 0 Å². The van der Waals surface area contributed by atoms with Crippen LogP contribution in [0.4, 0.5) is 4.39 Å². The smallest absolute Gasteiger partial charge is 0.328 e. The van der Waals surface area contributed by atoms with E-state index in [1.54, 1.807) is 30.3 Å². The summed E-state index contributed by atoms with van der Waals surface area (Å²) in [5.74, 6) is -1.86. The fraction of sp³-hybridized carbons (Fsp3) is 0.200. The largest absolute Gasteiger partial charge is 0.497 e. The molecule has 0 unspecified atom stereocenters. The molecule has 2 aromatic carbocycles. The maximum absolute atomic E-state index is 13.6. The minimum absolute atomic E-state index is 0.0383. The molecular weight excluding hydrogens is 369 g/mol. The first-order valence-electron chi connectivity index (χ1n) is 8.40. The van der Waals surface area contributed by atoms with E-state index in [2.05, 4.69) is 5.32 Å². The Morgan fingerprint density at radius 3 is 2.71 bits per heavy atom. The summed E-state index contributed by atoms with van der Waals surface area (Å²) < 4.78 is 29.4. The van der Waals surface area contributed by atoms with Gasteiger partial charge >= 0.3 is 5.97 Å². The van der Waals surface area contributed by atoms with Gasteiger partial charge in [-0.1, -0.05) is 18.2 Å². The highest BCUT2D eigenvalue weighted by atomic mass is 19.1. The van der Waals surface area contributed by atoms with Crippen LogP contribution in [-0.4, -0.2) is 36.7 Å². The lowest BCUT2D eigenvalue weighted by Gasteiger charge is -2.14. The predicted octanol–water partition coefficient (Wildman–Crippen LogP) is 2.98. The molecule has 7 nitrogen and oxygen atoms in total. The number of hydrogen-bond acceptors (Lipinski definition) is 5. The Kier molecular flexibility index (Phi) is 5.90. The number of nitrogens with one attached hydrogen (secondary N) is 1. The Hall–Kier alpha value is -3.39. The van der Waals surface area contributed by atoms with Crippen LogP contribution >= 0.6 is 0 Å². The van der Waals surface area contributed by atoms with Crippen molar-refractivity contribution in [3.8, 4) is 5.75 Å². The number of fused-ring (bicyclic) bond motifs is 1. The first-order chi connectivity index (χ1) is 13.5. The molecular formula is C20H18FNO6. The lowest BCUT2D eigenvalue weighted by atomic mass is 10.2. The number of carbonyl (C=O) groups excluding carboxylic acids is 1. The molecule has 0 saturated carbocycles. The number of carboxylic acids is 1. The second-order valence-corrected chi connectivity index (χ2v) is 5.99. The molecule has 2 N–H and O–H groups in total. The van der Waals surface area contributed by atoms with Crippen molar-refractivity contribution in [1.82, 2.24) is 5.32 Å². The van der Waals surface area contributed by atoms with E-state index in [4.69, 9.17) is 13.9 Å². The van der Waals surface area contributed by atoms with Crippen molar-refractivity contribution in [3.63, 3.8) is 0 Å². The second-order valence-electron chi connectivity index (χ2n) is 5.99. The number of rotatable bonds is 8. The number of ether oxygens (including phenoxy) is 2. The minimum atomic E-state index is -1.32. The molecule has 1 atom stereocenters. The van der Waals surface area contributed by atoms with Gasteiger partial charge in [-0.25, -0.2) is 9.18 Å². The van der Waals surface area contributed by atoms with E-state index in [0.29, 0.717) is 22.3 Å². The predicted molar refractivity (Wildman–Crippen MR) is 97.7 cm³/mol. The number of carboxylic acid groups (broad SMARTS) is 1. The molecule has 0 spiro atoms. The van der Waals surface area contributed by atoms with Crippen LogP contribution in [0.2, 0.25) is 0 Å². The summed E-state index contributed by atoms with van der Waals surface area (Å²) in [6.07, 6.45) is 0. The highest BCUT2D eigenvalue weighted by molar-refractivity contribution is 5.98. The van der Waals surface area contributed by atoms with E-state index in [1.807, 2.05) is 0 Å². The zero-order chi connectivity index (χ0) is 20.1. The third-order valence-electron chi connectivity index (χ3n) is 4.05. The van der Waals surface area contributed by atoms with E-state index >= 15 is 0 Å². The van der Waals surface area contributed by atoms with Crippen molar-refractivity contribution in [1.29, 1.82) is 0 Å². The van der Waals surface area contributed by atoms with Gasteiger partial charge in [0.05, 0.1) is 20.3 Å². The number of carbonyl (C=O) groups is 2.